The molecule has 0 aliphatic carbocycles. The van der Waals surface area contributed by atoms with Gasteiger partial charge in [0.25, 0.3) is 0 Å². The van der Waals surface area contributed by atoms with Gasteiger partial charge in [0.05, 0.1) is 5.92 Å². The molecule has 1 unspecified atom stereocenters. The topological polar surface area (TPSA) is 40.5 Å². The third-order valence-corrected chi connectivity index (χ3v) is 3.42. The van der Waals surface area contributed by atoms with Gasteiger partial charge in [0.1, 0.15) is 0 Å². The molecule has 92 valence electrons. The molecule has 0 amide bonds. The number of hydrogen-bond acceptors (Lipinski definition) is 2. The first-order valence-electron chi connectivity index (χ1n) is 5.87. The van der Waals surface area contributed by atoms with Crippen LogP contribution in [0.2, 0.25) is 5.02 Å². The summed E-state index contributed by atoms with van der Waals surface area (Å²) in [5.74, 6) is -1.26. The minimum absolute atomic E-state index is 0.480. The molecule has 3 nitrogen and oxygen atoms in total. The van der Waals surface area contributed by atoms with Crippen molar-refractivity contribution >= 4 is 17.6 Å². The van der Waals surface area contributed by atoms with Crippen LogP contribution in [-0.4, -0.2) is 35.6 Å². The minimum Gasteiger partial charge on any atom is -0.481 e. The Bertz CT molecular complexity index is 402. The second-order valence-electron chi connectivity index (χ2n) is 4.45. The Labute approximate surface area is 106 Å². The van der Waals surface area contributed by atoms with Crippen molar-refractivity contribution in [3.63, 3.8) is 0 Å². The fourth-order valence-corrected chi connectivity index (χ4v) is 2.47. The van der Waals surface area contributed by atoms with Gasteiger partial charge >= 0.3 is 5.97 Å². The molecule has 17 heavy (non-hydrogen) atoms. The quantitative estimate of drug-likeness (QED) is 0.897. The first-order valence-corrected chi connectivity index (χ1v) is 6.25. The van der Waals surface area contributed by atoms with E-state index in [4.69, 9.17) is 11.6 Å². The molecule has 1 aromatic carbocycles. The predicted octanol–water partition coefficient (Wildman–Crippen LogP) is 2.60. The summed E-state index contributed by atoms with van der Waals surface area (Å²) in [5, 5.41) is 9.90. The average molecular weight is 254 g/mol. The van der Waals surface area contributed by atoms with Crippen LogP contribution in [0.1, 0.15) is 24.3 Å². The lowest BCUT2D eigenvalue weighted by molar-refractivity contribution is -0.139. The Kier molecular flexibility index (Phi) is 4.02. The normalized spacial score (nSPS) is 18.2. The maximum atomic E-state index is 11.3. The molecule has 1 heterocycles. The van der Waals surface area contributed by atoms with Gasteiger partial charge in [0.2, 0.25) is 0 Å². The fourth-order valence-electron chi connectivity index (χ4n) is 2.27. The van der Waals surface area contributed by atoms with Crippen molar-refractivity contribution in [2.24, 2.45) is 0 Å². The van der Waals surface area contributed by atoms with Crippen LogP contribution in [0, 0.1) is 0 Å². The summed E-state index contributed by atoms with van der Waals surface area (Å²) in [6, 6.07) is 7.15. The van der Waals surface area contributed by atoms with Crippen LogP contribution in [0.4, 0.5) is 0 Å². The Morgan fingerprint density at radius 2 is 2.12 bits per heavy atom. The molecular formula is C13H16ClNO2. The number of likely N-dealkylation sites (tertiary alicyclic amines) is 1. The highest BCUT2D eigenvalue weighted by Crippen LogP contribution is 2.22. The highest BCUT2D eigenvalue weighted by Gasteiger charge is 2.24. The fraction of sp³-hybridized carbons (Fsp3) is 0.462. The largest absolute Gasteiger partial charge is 0.481 e. The molecule has 1 aromatic rings. The molecule has 1 atom stereocenters. The number of hydrogen-bond donors (Lipinski definition) is 1. The Hall–Kier alpha value is -1.06. The van der Waals surface area contributed by atoms with Crippen molar-refractivity contribution in [2.75, 3.05) is 19.6 Å². The monoisotopic (exact) mass is 253 g/mol. The summed E-state index contributed by atoms with van der Waals surface area (Å²) < 4.78 is 0. The third-order valence-electron chi connectivity index (χ3n) is 3.19. The van der Waals surface area contributed by atoms with E-state index in [1.165, 1.54) is 12.8 Å². The number of rotatable bonds is 4. The Morgan fingerprint density at radius 3 is 2.71 bits per heavy atom. The van der Waals surface area contributed by atoms with Gasteiger partial charge < -0.3 is 10.0 Å². The molecule has 2 rings (SSSR count). The third kappa shape index (κ3) is 3.20. The van der Waals surface area contributed by atoms with Crippen molar-refractivity contribution in [1.29, 1.82) is 0 Å². The second-order valence-corrected chi connectivity index (χ2v) is 4.89. The van der Waals surface area contributed by atoms with Crippen LogP contribution in [0.5, 0.6) is 0 Å². The molecule has 4 heteroatoms. The van der Waals surface area contributed by atoms with Gasteiger partial charge in [-0.1, -0.05) is 23.7 Å². The SMILES string of the molecule is O=C(O)C(CN1CCCC1)c1cccc(Cl)c1. The van der Waals surface area contributed by atoms with Gasteiger partial charge in [-0.3, -0.25) is 4.79 Å². The first kappa shape index (κ1) is 12.4. The average Bonchev–Trinajstić information content (AvgIpc) is 2.78. The van der Waals surface area contributed by atoms with E-state index in [2.05, 4.69) is 4.90 Å². The van der Waals surface area contributed by atoms with E-state index in [-0.39, 0.29) is 0 Å². The van der Waals surface area contributed by atoms with Crippen molar-refractivity contribution in [3.05, 3.63) is 34.9 Å². The zero-order chi connectivity index (χ0) is 12.3. The molecule has 0 saturated carbocycles. The molecule has 0 spiro atoms. The second kappa shape index (κ2) is 5.52. The van der Waals surface area contributed by atoms with Crippen LogP contribution < -0.4 is 0 Å². The first-order chi connectivity index (χ1) is 8.16. The number of carboxylic acid groups (broad SMARTS) is 1. The van der Waals surface area contributed by atoms with Crippen LogP contribution in [0.3, 0.4) is 0 Å². The molecular weight excluding hydrogens is 238 g/mol. The number of nitrogens with zero attached hydrogens (tertiary/aromatic N) is 1. The van der Waals surface area contributed by atoms with Crippen molar-refractivity contribution < 1.29 is 9.90 Å². The van der Waals surface area contributed by atoms with E-state index >= 15 is 0 Å². The smallest absolute Gasteiger partial charge is 0.312 e. The Balaban J connectivity index is 2.13. The van der Waals surface area contributed by atoms with Crippen molar-refractivity contribution in [2.45, 2.75) is 18.8 Å². The van der Waals surface area contributed by atoms with E-state index in [1.54, 1.807) is 18.2 Å². The maximum absolute atomic E-state index is 11.3. The van der Waals surface area contributed by atoms with E-state index < -0.39 is 11.9 Å². The van der Waals surface area contributed by atoms with Crippen LogP contribution in [0.25, 0.3) is 0 Å². The molecule has 1 fully saturated rings. The van der Waals surface area contributed by atoms with Gasteiger partial charge in [-0.15, -0.1) is 0 Å². The zero-order valence-electron chi connectivity index (χ0n) is 9.60. The summed E-state index contributed by atoms with van der Waals surface area (Å²) in [6.07, 6.45) is 2.34. The van der Waals surface area contributed by atoms with Crippen LogP contribution >= 0.6 is 11.6 Å². The predicted molar refractivity (Wildman–Crippen MR) is 67.5 cm³/mol. The number of carbonyl (C=O) groups is 1. The summed E-state index contributed by atoms with van der Waals surface area (Å²) in [6.45, 7) is 2.59. The van der Waals surface area contributed by atoms with Gasteiger partial charge in [0.15, 0.2) is 0 Å². The van der Waals surface area contributed by atoms with E-state index in [0.29, 0.717) is 11.6 Å². The van der Waals surface area contributed by atoms with Gasteiger partial charge in [-0.25, -0.2) is 0 Å². The van der Waals surface area contributed by atoms with Crippen molar-refractivity contribution in [1.82, 2.24) is 4.90 Å². The van der Waals surface area contributed by atoms with E-state index in [9.17, 15) is 9.90 Å². The number of carboxylic acids is 1. The summed E-state index contributed by atoms with van der Waals surface area (Å²) in [7, 11) is 0. The zero-order valence-corrected chi connectivity index (χ0v) is 10.4. The molecule has 1 aliphatic heterocycles. The molecule has 1 saturated heterocycles. The standard InChI is InChI=1S/C13H16ClNO2/c14-11-5-3-4-10(8-11)12(13(16)17)9-15-6-1-2-7-15/h3-5,8,12H,1-2,6-7,9H2,(H,16,17). The van der Waals surface area contributed by atoms with E-state index in [0.717, 1.165) is 18.7 Å². The highest BCUT2D eigenvalue weighted by molar-refractivity contribution is 6.30. The van der Waals surface area contributed by atoms with Crippen LogP contribution in [0.15, 0.2) is 24.3 Å². The minimum atomic E-state index is -0.779. The van der Waals surface area contributed by atoms with Gasteiger partial charge in [-0.05, 0) is 43.6 Å². The maximum Gasteiger partial charge on any atom is 0.312 e. The van der Waals surface area contributed by atoms with Crippen molar-refractivity contribution in [3.8, 4) is 0 Å². The summed E-state index contributed by atoms with van der Waals surface area (Å²) >= 11 is 5.90. The highest BCUT2D eigenvalue weighted by atomic mass is 35.5. The summed E-state index contributed by atoms with van der Waals surface area (Å²) in [4.78, 5) is 13.5. The molecule has 0 bridgehead atoms. The summed E-state index contributed by atoms with van der Waals surface area (Å²) in [5.41, 5.74) is 0.789. The molecule has 1 aliphatic rings. The lowest BCUT2D eigenvalue weighted by atomic mass is 9.99. The number of benzene rings is 1. The van der Waals surface area contributed by atoms with E-state index in [1.807, 2.05) is 6.07 Å². The Morgan fingerprint density at radius 1 is 1.41 bits per heavy atom. The van der Waals surface area contributed by atoms with Gasteiger partial charge in [0, 0.05) is 11.6 Å². The lowest BCUT2D eigenvalue weighted by Gasteiger charge is -2.20. The number of aliphatic carboxylic acids is 1. The van der Waals surface area contributed by atoms with Gasteiger partial charge in [-0.2, -0.15) is 0 Å². The van der Waals surface area contributed by atoms with Crippen LogP contribution in [-0.2, 0) is 4.79 Å². The molecule has 1 N–H and O–H groups in total. The molecule has 0 radical (unpaired) electrons. The molecule has 0 aromatic heterocycles. The lowest BCUT2D eigenvalue weighted by Crippen LogP contribution is -2.29. The number of halogens is 1.